The van der Waals surface area contributed by atoms with Gasteiger partial charge < -0.3 is 9.64 Å². The summed E-state index contributed by atoms with van der Waals surface area (Å²) < 4.78 is 34.2. The van der Waals surface area contributed by atoms with Gasteiger partial charge in [0.15, 0.2) is 0 Å². The molecule has 1 aliphatic rings. The summed E-state index contributed by atoms with van der Waals surface area (Å²) in [6.45, 7) is 2.77. The first-order valence-corrected chi connectivity index (χ1v) is 12.5. The predicted molar refractivity (Wildman–Crippen MR) is 129 cm³/mol. The molecule has 6 heteroatoms. The summed E-state index contributed by atoms with van der Waals surface area (Å²) in [6.07, 6.45) is 2.62. The zero-order valence-corrected chi connectivity index (χ0v) is 19.2. The second-order valence-electron chi connectivity index (χ2n) is 8.12. The van der Waals surface area contributed by atoms with Gasteiger partial charge in [-0.15, -0.1) is 0 Å². The fraction of sp³-hybridized carbons (Fsp3) is 0.308. The topological polar surface area (TPSA) is 49.9 Å². The monoisotopic (exact) mass is 450 g/mol. The van der Waals surface area contributed by atoms with Crippen LogP contribution < -0.4 is 9.04 Å². The number of nitrogens with zero attached hydrogens (tertiary/aromatic N) is 2. The molecule has 0 unspecified atom stereocenters. The minimum Gasteiger partial charge on any atom is -0.497 e. The number of ether oxygens (including phenoxy) is 1. The second kappa shape index (κ2) is 10.2. The molecule has 4 rings (SSSR count). The molecular formula is C26H30N2O3S. The molecule has 0 spiro atoms. The van der Waals surface area contributed by atoms with Crippen LogP contribution in [0.25, 0.3) is 0 Å². The van der Waals surface area contributed by atoms with E-state index in [1.807, 2.05) is 36.4 Å². The highest BCUT2D eigenvalue weighted by molar-refractivity contribution is 7.92. The molecule has 1 heterocycles. The van der Waals surface area contributed by atoms with E-state index in [1.54, 1.807) is 35.7 Å². The maximum Gasteiger partial charge on any atom is 0.264 e. The Kier molecular flexibility index (Phi) is 7.12. The summed E-state index contributed by atoms with van der Waals surface area (Å²) >= 11 is 0. The molecule has 0 saturated carbocycles. The Hall–Kier alpha value is -2.83. The van der Waals surface area contributed by atoms with Crippen LogP contribution in [0.15, 0.2) is 89.8 Å². The van der Waals surface area contributed by atoms with Crippen LogP contribution in [0.5, 0.6) is 5.75 Å². The third-order valence-electron chi connectivity index (χ3n) is 6.08. The van der Waals surface area contributed by atoms with E-state index in [0.29, 0.717) is 11.4 Å². The van der Waals surface area contributed by atoms with Crippen molar-refractivity contribution in [3.63, 3.8) is 0 Å². The summed E-state index contributed by atoms with van der Waals surface area (Å²) in [5, 5.41) is 0. The fourth-order valence-electron chi connectivity index (χ4n) is 4.29. The first-order chi connectivity index (χ1) is 15.6. The molecule has 3 aromatic carbocycles. The van der Waals surface area contributed by atoms with Crippen LogP contribution >= 0.6 is 0 Å². The van der Waals surface area contributed by atoms with Gasteiger partial charge in [-0.25, -0.2) is 8.42 Å². The molecule has 1 saturated heterocycles. The fourth-order valence-corrected chi connectivity index (χ4v) is 6.00. The SMILES string of the molecule is COc1ccc(S(=O)(=O)N(c2ccccc2)C2CCN(CCc3ccccc3)CC2)cc1. The molecule has 0 N–H and O–H groups in total. The van der Waals surface area contributed by atoms with Crippen LogP contribution in [0.2, 0.25) is 0 Å². The van der Waals surface area contributed by atoms with E-state index in [1.165, 1.54) is 5.56 Å². The van der Waals surface area contributed by atoms with E-state index in [0.717, 1.165) is 38.9 Å². The molecule has 0 amide bonds. The number of anilines is 1. The van der Waals surface area contributed by atoms with E-state index < -0.39 is 10.0 Å². The first-order valence-electron chi connectivity index (χ1n) is 11.1. The molecule has 1 fully saturated rings. The van der Waals surface area contributed by atoms with Crippen molar-refractivity contribution in [1.29, 1.82) is 0 Å². The maximum atomic E-state index is 13.7. The van der Waals surface area contributed by atoms with E-state index >= 15 is 0 Å². The lowest BCUT2D eigenvalue weighted by Crippen LogP contribution is -2.48. The summed E-state index contributed by atoms with van der Waals surface area (Å²) in [6, 6.07) is 26.5. The zero-order chi connectivity index (χ0) is 22.4. The van der Waals surface area contributed by atoms with E-state index in [9.17, 15) is 8.42 Å². The van der Waals surface area contributed by atoms with Gasteiger partial charge in [0.1, 0.15) is 5.75 Å². The maximum absolute atomic E-state index is 13.7. The molecule has 1 aliphatic heterocycles. The van der Waals surface area contributed by atoms with Crippen LogP contribution in [0.4, 0.5) is 5.69 Å². The van der Waals surface area contributed by atoms with Crippen LogP contribution in [0.3, 0.4) is 0 Å². The van der Waals surface area contributed by atoms with Crippen molar-refractivity contribution in [2.45, 2.75) is 30.2 Å². The molecule has 0 bridgehead atoms. The largest absolute Gasteiger partial charge is 0.497 e. The molecular weight excluding hydrogens is 420 g/mol. The van der Waals surface area contributed by atoms with Crippen LogP contribution in [-0.2, 0) is 16.4 Å². The quantitative estimate of drug-likeness (QED) is 0.503. The number of benzene rings is 3. The highest BCUT2D eigenvalue weighted by Crippen LogP contribution is 2.31. The Balaban J connectivity index is 1.50. The number of piperidine rings is 1. The van der Waals surface area contributed by atoms with Gasteiger partial charge in [-0.05, 0) is 61.2 Å². The lowest BCUT2D eigenvalue weighted by molar-refractivity contribution is 0.216. The minimum absolute atomic E-state index is 0.0718. The molecule has 3 aromatic rings. The minimum atomic E-state index is -3.69. The van der Waals surface area contributed by atoms with Crippen LogP contribution in [0, 0.1) is 0 Å². The molecule has 5 nitrogen and oxygen atoms in total. The highest BCUT2D eigenvalue weighted by atomic mass is 32.2. The molecule has 0 aliphatic carbocycles. The lowest BCUT2D eigenvalue weighted by atomic mass is 10.0. The highest BCUT2D eigenvalue weighted by Gasteiger charge is 2.34. The second-order valence-corrected chi connectivity index (χ2v) is 9.94. The van der Waals surface area contributed by atoms with Gasteiger partial charge >= 0.3 is 0 Å². The van der Waals surface area contributed by atoms with Gasteiger partial charge in [0.2, 0.25) is 0 Å². The van der Waals surface area contributed by atoms with Crippen molar-refractivity contribution in [2.75, 3.05) is 31.0 Å². The number of rotatable bonds is 8. The normalized spacial score (nSPS) is 15.4. The predicted octanol–water partition coefficient (Wildman–Crippen LogP) is 4.60. The number of hydrogen-bond acceptors (Lipinski definition) is 4. The Bertz CT molecular complexity index is 1080. The van der Waals surface area contributed by atoms with Gasteiger partial charge in [-0.2, -0.15) is 0 Å². The van der Waals surface area contributed by atoms with Crippen LogP contribution in [0.1, 0.15) is 18.4 Å². The van der Waals surface area contributed by atoms with Gasteiger partial charge in [-0.1, -0.05) is 48.5 Å². The number of para-hydroxylation sites is 1. The Morgan fingerprint density at radius 2 is 1.47 bits per heavy atom. The number of likely N-dealkylation sites (tertiary alicyclic amines) is 1. The molecule has 0 aromatic heterocycles. The van der Waals surface area contributed by atoms with E-state index in [2.05, 4.69) is 29.2 Å². The number of sulfonamides is 1. The van der Waals surface area contributed by atoms with Crippen molar-refractivity contribution < 1.29 is 13.2 Å². The molecule has 0 radical (unpaired) electrons. The van der Waals surface area contributed by atoms with Crippen molar-refractivity contribution in [3.05, 3.63) is 90.5 Å². The van der Waals surface area contributed by atoms with E-state index in [-0.39, 0.29) is 10.9 Å². The van der Waals surface area contributed by atoms with Crippen molar-refractivity contribution in [2.24, 2.45) is 0 Å². The summed E-state index contributed by atoms with van der Waals surface area (Å²) in [4.78, 5) is 2.72. The average Bonchev–Trinajstić information content (AvgIpc) is 2.85. The van der Waals surface area contributed by atoms with Crippen molar-refractivity contribution >= 4 is 15.7 Å². The lowest BCUT2D eigenvalue weighted by Gasteiger charge is -2.39. The summed E-state index contributed by atoms with van der Waals surface area (Å²) in [7, 11) is -2.12. The van der Waals surface area contributed by atoms with Gasteiger partial charge in [0.05, 0.1) is 17.7 Å². The Morgan fingerprint density at radius 3 is 2.06 bits per heavy atom. The smallest absolute Gasteiger partial charge is 0.264 e. The Labute approximate surface area is 191 Å². The molecule has 32 heavy (non-hydrogen) atoms. The number of hydrogen-bond donors (Lipinski definition) is 0. The van der Waals surface area contributed by atoms with Gasteiger partial charge in [0.25, 0.3) is 10.0 Å². The zero-order valence-electron chi connectivity index (χ0n) is 18.4. The molecule has 0 atom stereocenters. The standard InChI is InChI=1S/C26H30N2O3S/c1-31-25-12-14-26(15-13-25)32(29,30)28(23-10-6-3-7-11-23)24-17-20-27(21-18-24)19-16-22-8-4-2-5-9-22/h2-15,24H,16-21H2,1H3. The van der Waals surface area contributed by atoms with Crippen molar-refractivity contribution in [1.82, 2.24) is 4.90 Å². The van der Waals surface area contributed by atoms with Crippen LogP contribution in [-0.4, -0.2) is 46.1 Å². The van der Waals surface area contributed by atoms with E-state index in [4.69, 9.17) is 4.74 Å². The molecule has 168 valence electrons. The number of methoxy groups -OCH3 is 1. The first kappa shape index (κ1) is 22.4. The third kappa shape index (κ3) is 5.14. The average molecular weight is 451 g/mol. The summed E-state index contributed by atoms with van der Waals surface area (Å²) in [5.74, 6) is 0.641. The third-order valence-corrected chi connectivity index (χ3v) is 7.97. The van der Waals surface area contributed by atoms with Crippen molar-refractivity contribution in [3.8, 4) is 5.75 Å². The summed E-state index contributed by atoms with van der Waals surface area (Å²) in [5.41, 5.74) is 2.05. The van der Waals surface area contributed by atoms with Gasteiger partial charge in [0, 0.05) is 25.7 Å². The Morgan fingerprint density at radius 1 is 0.875 bits per heavy atom. The van der Waals surface area contributed by atoms with Gasteiger partial charge in [-0.3, -0.25) is 4.31 Å².